The van der Waals surface area contributed by atoms with Crippen molar-refractivity contribution in [2.45, 2.75) is 26.8 Å². The Labute approximate surface area is 141 Å². The number of carbonyl (C=O) groups excluding carboxylic acids is 1. The molecule has 0 bridgehead atoms. The maximum absolute atomic E-state index is 12.2. The molecule has 2 aromatic heterocycles. The zero-order valence-corrected chi connectivity index (χ0v) is 15.0. The highest BCUT2D eigenvalue weighted by molar-refractivity contribution is 7.07. The second-order valence-corrected chi connectivity index (χ2v) is 6.20. The van der Waals surface area contributed by atoms with E-state index in [1.54, 1.807) is 16.0 Å². The molecular weight excluding hydrogens is 310 g/mol. The van der Waals surface area contributed by atoms with Gasteiger partial charge in [0.25, 0.3) is 0 Å². The van der Waals surface area contributed by atoms with E-state index < -0.39 is 0 Å². The first-order valence-corrected chi connectivity index (χ1v) is 8.81. The zero-order valence-electron chi connectivity index (χ0n) is 14.2. The van der Waals surface area contributed by atoms with E-state index >= 15 is 0 Å². The van der Waals surface area contributed by atoms with Gasteiger partial charge in [-0.25, -0.2) is 4.79 Å². The average molecular weight is 335 g/mol. The normalized spacial score (nSPS) is 12.4. The minimum Gasteiger partial charge on any atom is -0.336 e. The highest BCUT2D eigenvalue weighted by Crippen LogP contribution is 2.22. The molecule has 126 valence electrons. The summed E-state index contributed by atoms with van der Waals surface area (Å²) in [6, 6.07) is 3.95. The summed E-state index contributed by atoms with van der Waals surface area (Å²) in [4.78, 5) is 14.5. The average Bonchev–Trinajstić information content (AvgIpc) is 3.14. The van der Waals surface area contributed by atoms with E-state index in [1.807, 2.05) is 20.0 Å². The van der Waals surface area contributed by atoms with Crippen LogP contribution in [0, 0.1) is 6.92 Å². The van der Waals surface area contributed by atoms with Crippen LogP contribution in [0.2, 0.25) is 0 Å². The minimum atomic E-state index is -0.208. The summed E-state index contributed by atoms with van der Waals surface area (Å²) in [5, 5.41) is 14.3. The monoisotopic (exact) mass is 335 g/mol. The summed E-state index contributed by atoms with van der Waals surface area (Å²) in [7, 11) is 1.81. The van der Waals surface area contributed by atoms with Crippen LogP contribution in [0.1, 0.15) is 31.1 Å². The number of carbonyl (C=O) groups is 1. The molecule has 7 heteroatoms. The van der Waals surface area contributed by atoms with Crippen molar-refractivity contribution < 1.29 is 4.79 Å². The predicted molar refractivity (Wildman–Crippen MR) is 94.9 cm³/mol. The van der Waals surface area contributed by atoms with E-state index in [-0.39, 0.29) is 12.1 Å². The lowest BCUT2D eigenvalue weighted by Crippen LogP contribution is -2.39. The van der Waals surface area contributed by atoms with Gasteiger partial charge in [-0.3, -0.25) is 14.9 Å². The number of rotatable bonds is 7. The zero-order chi connectivity index (χ0) is 16.8. The third kappa shape index (κ3) is 4.56. The molecule has 0 aliphatic heterocycles. The minimum absolute atomic E-state index is 0.190. The van der Waals surface area contributed by atoms with E-state index in [4.69, 9.17) is 0 Å². The van der Waals surface area contributed by atoms with Crippen LogP contribution in [0.5, 0.6) is 0 Å². The summed E-state index contributed by atoms with van der Waals surface area (Å²) in [5.41, 5.74) is 2.12. The summed E-state index contributed by atoms with van der Waals surface area (Å²) < 4.78 is 1.66. The van der Waals surface area contributed by atoms with Gasteiger partial charge in [0.1, 0.15) is 5.82 Å². The van der Waals surface area contributed by atoms with Gasteiger partial charge in [0.05, 0.1) is 11.7 Å². The predicted octanol–water partition coefficient (Wildman–Crippen LogP) is 2.99. The molecule has 0 aliphatic rings. The summed E-state index contributed by atoms with van der Waals surface area (Å²) in [6.45, 7) is 8.64. The lowest BCUT2D eigenvalue weighted by Gasteiger charge is -2.29. The summed E-state index contributed by atoms with van der Waals surface area (Å²) in [5.74, 6) is 0.690. The van der Waals surface area contributed by atoms with E-state index in [9.17, 15) is 4.79 Å². The molecular formula is C16H25N5OS. The molecule has 2 amide bonds. The first-order valence-electron chi connectivity index (χ1n) is 7.86. The molecule has 0 saturated carbocycles. The number of thiophene rings is 1. The van der Waals surface area contributed by atoms with Crippen LogP contribution in [0.4, 0.5) is 10.6 Å². The van der Waals surface area contributed by atoms with E-state index in [2.05, 4.69) is 51.3 Å². The quantitative estimate of drug-likeness (QED) is 0.818. The topological polar surface area (TPSA) is 62.2 Å². The van der Waals surface area contributed by atoms with Crippen molar-refractivity contribution in [2.24, 2.45) is 7.05 Å². The van der Waals surface area contributed by atoms with Crippen LogP contribution in [-0.2, 0) is 7.05 Å². The molecule has 0 aliphatic carbocycles. The van der Waals surface area contributed by atoms with Gasteiger partial charge in [-0.2, -0.15) is 16.4 Å². The maximum Gasteiger partial charge on any atom is 0.320 e. The number of likely N-dealkylation sites (N-methyl/N-ethyl adjacent to an activating group) is 1. The van der Waals surface area contributed by atoms with Crippen LogP contribution < -0.4 is 10.6 Å². The van der Waals surface area contributed by atoms with Gasteiger partial charge in [0, 0.05) is 19.7 Å². The summed E-state index contributed by atoms with van der Waals surface area (Å²) >= 11 is 1.68. The fourth-order valence-electron chi connectivity index (χ4n) is 2.66. The molecule has 0 fully saturated rings. The van der Waals surface area contributed by atoms with Gasteiger partial charge in [0.2, 0.25) is 0 Å². The number of aromatic nitrogens is 2. The van der Waals surface area contributed by atoms with Gasteiger partial charge in [0.15, 0.2) is 0 Å². The van der Waals surface area contributed by atoms with Crippen LogP contribution >= 0.6 is 11.3 Å². The fraction of sp³-hybridized carbons (Fsp3) is 0.500. The number of hydrogen-bond donors (Lipinski definition) is 2. The van der Waals surface area contributed by atoms with Gasteiger partial charge < -0.3 is 5.32 Å². The highest BCUT2D eigenvalue weighted by atomic mass is 32.1. The third-order valence-corrected chi connectivity index (χ3v) is 4.58. The standard InChI is InChI=1S/C16H25N5OS/c1-5-21(6-2)14(13-7-8-23-11-13)10-17-16(22)18-15-9-12(3)19-20(15)4/h7-9,11,14H,5-6,10H2,1-4H3,(H2,17,18,22). The van der Waals surface area contributed by atoms with Crippen molar-refractivity contribution in [3.8, 4) is 0 Å². The second-order valence-electron chi connectivity index (χ2n) is 5.42. The van der Waals surface area contributed by atoms with Crippen molar-refractivity contribution in [3.05, 3.63) is 34.2 Å². The van der Waals surface area contributed by atoms with Gasteiger partial charge in [-0.1, -0.05) is 13.8 Å². The molecule has 0 spiro atoms. The number of nitrogens with zero attached hydrogens (tertiary/aromatic N) is 3. The number of amides is 2. The molecule has 0 aromatic carbocycles. The van der Waals surface area contributed by atoms with Crippen molar-refractivity contribution in [3.63, 3.8) is 0 Å². The molecule has 2 rings (SSSR count). The van der Waals surface area contributed by atoms with Crippen molar-refractivity contribution in [1.29, 1.82) is 0 Å². The second kappa shape index (κ2) is 8.12. The molecule has 2 aromatic rings. The lowest BCUT2D eigenvalue weighted by molar-refractivity contribution is 0.210. The molecule has 1 atom stereocenters. The van der Waals surface area contributed by atoms with Gasteiger partial charge >= 0.3 is 6.03 Å². The molecule has 2 N–H and O–H groups in total. The Kier molecular flexibility index (Phi) is 6.18. The van der Waals surface area contributed by atoms with Crippen LogP contribution in [0.25, 0.3) is 0 Å². The lowest BCUT2D eigenvalue weighted by atomic mass is 10.1. The van der Waals surface area contributed by atoms with E-state index in [1.165, 1.54) is 5.56 Å². The van der Waals surface area contributed by atoms with Gasteiger partial charge in [-0.05, 0) is 42.4 Å². The molecule has 1 unspecified atom stereocenters. The molecule has 0 saturated heterocycles. The number of nitrogens with one attached hydrogen (secondary N) is 2. The maximum atomic E-state index is 12.2. The number of urea groups is 1. The molecule has 6 nitrogen and oxygen atoms in total. The first-order chi connectivity index (χ1) is 11.0. The molecule has 0 radical (unpaired) electrons. The SMILES string of the molecule is CCN(CC)C(CNC(=O)Nc1cc(C)nn1C)c1ccsc1. The van der Waals surface area contributed by atoms with Crippen molar-refractivity contribution in [1.82, 2.24) is 20.0 Å². The Morgan fingerprint density at radius 3 is 2.70 bits per heavy atom. The smallest absolute Gasteiger partial charge is 0.320 e. The number of hydrogen-bond acceptors (Lipinski definition) is 4. The van der Waals surface area contributed by atoms with Crippen molar-refractivity contribution >= 4 is 23.2 Å². The Hall–Kier alpha value is -1.86. The van der Waals surface area contributed by atoms with E-state index in [0.29, 0.717) is 12.4 Å². The van der Waals surface area contributed by atoms with Gasteiger partial charge in [-0.15, -0.1) is 0 Å². The van der Waals surface area contributed by atoms with Crippen LogP contribution in [0.15, 0.2) is 22.9 Å². The number of anilines is 1. The fourth-order valence-corrected chi connectivity index (χ4v) is 3.37. The van der Waals surface area contributed by atoms with Crippen LogP contribution in [0.3, 0.4) is 0 Å². The molecule has 23 heavy (non-hydrogen) atoms. The van der Waals surface area contributed by atoms with Crippen LogP contribution in [-0.4, -0.2) is 40.3 Å². The number of aryl methyl sites for hydroxylation is 2. The van der Waals surface area contributed by atoms with E-state index in [0.717, 1.165) is 18.8 Å². The Morgan fingerprint density at radius 2 is 2.17 bits per heavy atom. The molecule has 2 heterocycles. The third-order valence-electron chi connectivity index (χ3n) is 3.88. The summed E-state index contributed by atoms with van der Waals surface area (Å²) in [6.07, 6.45) is 0. The largest absolute Gasteiger partial charge is 0.336 e. The Balaban J connectivity index is 1.98. The Bertz CT molecular complexity index is 618. The van der Waals surface area contributed by atoms with Crippen molar-refractivity contribution in [2.75, 3.05) is 25.0 Å². The Morgan fingerprint density at radius 1 is 1.43 bits per heavy atom. The first kappa shape index (κ1) is 17.5. The highest BCUT2D eigenvalue weighted by Gasteiger charge is 2.19.